The molecule has 2 aromatic carbocycles. The van der Waals surface area contributed by atoms with Gasteiger partial charge in [-0.1, -0.05) is 18.2 Å². The summed E-state index contributed by atoms with van der Waals surface area (Å²) >= 11 is 0. The molecule has 0 saturated carbocycles. The molecule has 3 aromatic rings. The van der Waals surface area contributed by atoms with Gasteiger partial charge in [0.05, 0.1) is 22.2 Å². The van der Waals surface area contributed by atoms with E-state index < -0.39 is 10.0 Å². The van der Waals surface area contributed by atoms with Crippen LogP contribution in [0, 0.1) is 11.3 Å². The number of nitrogens with one attached hydrogen (secondary N) is 2. The van der Waals surface area contributed by atoms with E-state index in [0.29, 0.717) is 16.8 Å². The van der Waals surface area contributed by atoms with E-state index in [2.05, 4.69) is 15.0 Å². The molecule has 3 rings (SSSR count). The summed E-state index contributed by atoms with van der Waals surface area (Å²) in [5.74, 6) is -0.366. The molecule has 2 N–H and O–H groups in total. The number of amides is 1. The second-order valence-electron chi connectivity index (χ2n) is 5.67. The van der Waals surface area contributed by atoms with Crippen LogP contribution in [0.1, 0.15) is 16.8 Å². The summed E-state index contributed by atoms with van der Waals surface area (Å²) < 4.78 is 26.5. The number of nitriles is 1. The molecule has 0 saturated heterocycles. The summed E-state index contributed by atoms with van der Waals surface area (Å²) in [6, 6.07) is 16.6. The molecule has 1 amide bonds. The Labute approximate surface area is 156 Å². The fourth-order valence-electron chi connectivity index (χ4n) is 2.51. The number of para-hydroxylation sites is 1. The first-order chi connectivity index (χ1) is 13.0. The monoisotopic (exact) mass is 380 g/mol. The van der Waals surface area contributed by atoms with Crippen molar-refractivity contribution in [2.75, 3.05) is 11.9 Å². The van der Waals surface area contributed by atoms with Gasteiger partial charge >= 0.3 is 0 Å². The number of nitrogens with zero attached hydrogens (tertiary/aromatic N) is 2. The van der Waals surface area contributed by atoms with Gasteiger partial charge < -0.3 is 5.32 Å². The molecule has 0 aliphatic heterocycles. The minimum atomic E-state index is -3.71. The SMILES string of the molecule is N#CCCNS(=O)(=O)c1ccc(C(=O)Nc2cccc3cccnc23)cc1. The average Bonchev–Trinajstić information content (AvgIpc) is 2.68. The Morgan fingerprint density at radius 1 is 1.07 bits per heavy atom. The zero-order valence-electron chi connectivity index (χ0n) is 14.2. The standard InChI is InChI=1S/C19H16N4O3S/c20-11-3-13-22-27(25,26)16-9-7-15(8-10-16)19(24)23-17-6-1-4-14-5-2-12-21-18(14)17/h1-2,4-10,12,22H,3,13H2,(H,23,24). The molecule has 1 aromatic heterocycles. The third-order valence-electron chi connectivity index (χ3n) is 3.84. The van der Waals surface area contributed by atoms with Crippen LogP contribution in [0.5, 0.6) is 0 Å². The third kappa shape index (κ3) is 4.28. The first kappa shape index (κ1) is 18.5. The number of rotatable bonds is 6. The summed E-state index contributed by atoms with van der Waals surface area (Å²) in [5, 5.41) is 12.2. The summed E-state index contributed by atoms with van der Waals surface area (Å²) in [7, 11) is -3.71. The molecular formula is C19H16N4O3S. The number of benzene rings is 2. The zero-order valence-corrected chi connectivity index (χ0v) is 15.0. The normalized spacial score (nSPS) is 11.1. The predicted octanol–water partition coefficient (Wildman–Crippen LogP) is 2.68. The lowest BCUT2D eigenvalue weighted by molar-refractivity contribution is 0.102. The lowest BCUT2D eigenvalue weighted by Gasteiger charge is -2.09. The smallest absolute Gasteiger partial charge is 0.255 e. The van der Waals surface area contributed by atoms with E-state index in [1.165, 1.54) is 24.3 Å². The van der Waals surface area contributed by atoms with Gasteiger partial charge in [0, 0.05) is 30.1 Å². The highest BCUT2D eigenvalue weighted by molar-refractivity contribution is 7.89. The lowest BCUT2D eigenvalue weighted by atomic mass is 10.1. The van der Waals surface area contributed by atoms with Crippen molar-refractivity contribution in [2.45, 2.75) is 11.3 Å². The fourth-order valence-corrected chi connectivity index (χ4v) is 3.54. The third-order valence-corrected chi connectivity index (χ3v) is 5.31. The molecule has 0 unspecified atom stereocenters. The molecule has 8 heteroatoms. The lowest BCUT2D eigenvalue weighted by Crippen LogP contribution is -2.24. The summed E-state index contributed by atoms with van der Waals surface area (Å²) in [6.45, 7) is 0.0369. The molecule has 0 atom stereocenters. The Morgan fingerprint density at radius 3 is 2.56 bits per heavy atom. The van der Waals surface area contributed by atoms with Crippen molar-refractivity contribution >= 4 is 32.5 Å². The Balaban J connectivity index is 1.77. The van der Waals surface area contributed by atoms with Crippen LogP contribution in [-0.4, -0.2) is 25.9 Å². The number of hydrogen-bond acceptors (Lipinski definition) is 5. The van der Waals surface area contributed by atoms with E-state index in [0.717, 1.165) is 5.39 Å². The van der Waals surface area contributed by atoms with Gasteiger partial charge in [0.15, 0.2) is 0 Å². The molecule has 27 heavy (non-hydrogen) atoms. The largest absolute Gasteiger partial charge is 0.320 e. The van der Waals surface area contributed by atoms with Gasteiger partial charge in [0.1, 0.15) is 0 Å². The number of anilines is 1. The maximum Gasteiger partial charge on any atom is 0.255 e. The van der Waals surface area contributed by atoms with Crippen LogP contribution in [0.4, 0.5) is 5.69 Å². The molecular weight excluding hydrogens is 364 g/mol. The first-order valence-corrected chi connectivity index (χ1v) is 9.61. The number of hydrogen-bond donors (Lipinski definition) is 2. The maximum absolute atomic E-state index is 12.5. The van der Waals surface area contributed by atoms with Crippen LogP contribution < -0.4 is 10.0 Å². The van der Waals surface area contributed by atoms with Crippen LogP contribution >= 0.6 is 0 Å². The maximum atomic E-state index is 12.5. The number of carbonyl (C=O) groups excluding carboxylic acids is 1. The topological polar surface area (TPSA) is 112 Å². The number of sulfonamides is 1. The van der Waals surface area contributed by atoms with Crippen LogP contribution in [-0.2, 0) is 10.0 Å². The van der Waals surface area contributed by atoms with E-state index in [-0.39, 0.29) is 23.8 Å². The second kappa shape index (κ2) is 7.95. The molecule has 0 spiro atoms. The Morgan fingerprint density at radius 2 is 1.81 bits per heavy atom. The van der Waals surface area contributed by atoms with E-state index in [4.69, 9.17) is 5.26 Å². The van der Waals surface area contributed by atoms with Crippen molar-refractivity contribution in [2.24, 2.45) is 0 Å². The van der Waals surface area contributed by atoms with Gasteiger partial charge in [0.2, 0.25) is 10.0 Å². The summed E-state index contributed by atoms with van der Waals surface area (Å²) in [6.07, 6.45) is 1.73. The molecule has 1 heterocycles. The Kier molecular flexibility index (Phi) is 5.45. The van der Waals surface area contributed by atoms with Gasteiger partial charge in [0.25, 0.3) is 5.91 Å². The summed E-state index contributed by atoms with van der Waals surface area (Å²) in [5.41, 5.74) is 1.57. The van der Waals surface area contributed by atoms with Gasteiger partial charge in [-0.2, -0.15) is 5.26 Å². The first-order valence-electron chi connectivity index (χ1n) is 8.13. The highest BCUT2D eigenvalue weighted by Crippen LogP contribution is 2.21. The number of pyridine rings is 1. The van der Waals surface area contributed by atoms with E-state index in [1.54, 1.807) is 12.3 Å². The van der Waals surface area contributed by atoms with Gasteiger partial charge in [-0.15, -0.1) is 0 Å². The van der Waals surface area contributed by atoms with Gasteiger partial charge in [-0.3, -0.25) is 9.78 Å². The van der Waals surface area contributed by atoms with Crippen molar-refractivity contribution in [1.82, 2.24) is 9.71 Å². The summed E-state index contributed by atoms with van der Waals surface area (Å²) in [4.78, 5) is 16.8. The minimum absolute atomic E-state index is 0.0313. The van der Waals surface area contributed by atoms with E-state index in [9.17, 15) is 13.2 Å². The Bertz CT molecular complexity index is 1110. The molecule has 0 aliphatic carbocycles. The highest BCUT2D eigenvalue weighted by Gasteiger charge is 2.15. The second-order valence-corrected chi connectivity index (χ2v) is 7.43. The highest BCUT2D eigenvalue weighted by atomic mass is 32.2. The Hall–Kier alpha value is -3.28. The molecule has 0 bridgehead atoms. The molecule has 136 valence electrons. The molecule has 7 nitrogen and oxygen atoms in total. The van der Waals surface area contributed by atoms with Crippen molar-refractivity contribution in [3.63, 3.8) is 0 Å². The fraction of sp³-hybridized carbons (Fsp3) is 0.105. The zero-order chi connectivity index (χ0) is 19.3. The van der Waals surface area contributed by atoms with E-state index >= 15 is 0 Å². The van der Waals surface area contributed by atoms with Crippen LogP contribution in [0.25, 0.3) is 10.9 Å². The molecule has 0 fully saturated rings. The van der Waals surface area contributed by atoms with Crippen molar-refractivity contribution in [3.05, 3.63) is 66.4 Å². The van der Waals surface area contributed by atoms with Crippen LogP contribution in [0.15, 0.2) is 65.7 Å². The van der Waals surface area contributed by atoms with Gasteiger partial charge in [-0.25, -0.2) is 13.1 Å². The number of fused-ring (bicyclic) bond motifs is 1. The molecule has 0 radical (unpaired) electrons. The van der Waals surface area contributed by atoms with Crippen molar-refractivity contribution in [1.29, 1.82) is 5.26 Å². The quantitative estimate of drug-likeness (QED) is 0.639. The van der Waals surface area contributed by atoms with E-state index in [1.807, 2.05) is 30.3 Å². The number of aromatic nitrogens is 1. The number of carbonyl (C=O) groups is 1. The molecule has 0 aliphatic rings. The van der Waals surface area contributed by atoms with Crippen LogP contribution in [0.2, 0.25) is 0 Å². The van der Waals surface area contributed by atoms with Crippen LogP contribution in [0.3, 0.4) is 0 Å². The predicted molar refractivity (Wildman–Crippen MR) is 102 cm³/mol. The minimum Gasteiger partial charge on any atom is -0.320 e. The van der Waals surface area contributed by atoms with Gasteiger partial charge in [-0.05, 0) is 36.4 Å². The van der Waals surface area contributed by atoms with Crippen molar-refractivity contribution in [3.8, 4) is 6.07 Å². The van der Waals surface area contributed by atoms with Crippen molar-refractivity contribution < 1.29 is 13.2 Å². The average molecular weight is 380 g/mol.